The number of hydrogen-bond donors (Lipinski definition) is 3. The second-order valence-corrected chi connectivity index (χ2v) is 6.51. The Morgan fingerprint density at radius 1 is 0.826 bits per heavy atom. The van der Waals surface area contributed by atoms with Gasteiger partial charge in [-0.05, 0) is 36.8 Å². The van der Waals surface area contributed by atoms with Crippen LogP contribution in [0.15, 0.2) is 24.3 Å². The Morgan fingerprint density at radius 3 is 1.83 bits per heavy atom. The summed E-state index contributed by atoms with van der Waals surface area (Å²) in [5.74, 6) is 0. The molecule has 0 aliphatic carbocycles. The van der Waals surface area contributed by atoms with Gasteiger partial charge < -0.3 is 15.9 Å². The molecule has 134 valence electrons. The molecular formula is C19H34ClNO2. The van der Waals surface area contributed by atoms with E-state index in [9.17, 15) is 10.2 Å². The minimum absolute atomic E-state index is 0. The quantitative estimate of drug-likeness (QED) is 0.507. The SMILES string of the molecule is CCCCCCCCc1ccc(CC[14C](N)(CO)CO)cc1.Cl. The highest BCUT2D eigenvalue weighted by atomic mass is 35.5. The van der Waals surface area contributed by atoms with Crippen LogP contribution in [-0.4, -0.2) is 29.0 Å². The van der Waals surface area contributed by atoms with Gasteiger partial charge >= 0.3 is 0 Å². The van der Waals surface area contributed by atoms with E-state index >= 15 is 0 Å². The molecule has 1 rings (SSSR count). The summed E-state index contributed by atoms with van der Waals surface area (Å²) in [4.78, 5) is 0. The molecule has 0 radical (unpaired) electrons. The van der Waals surface area contributed by atoms with Crippen LogP contribution < -0.4 is 5.73 Å². The number of unbranched alkanes of at least 4 members (excludes halogenated alkanes) is 5. The van der Waals surface area contributed by atoms with Gasteiger partial charge in [-0.2, -0.15) is 0 Å². The van der Waals surface area contributed by atoms with Gasteiger partial charge in [-0.15, -0.1) is 12.4 Å². The zero-order chi connectivity index (χ0) is 16.3. The van der Waals surface area contributed by atoms with Crippen molar-refractivity contribution in [1.82, 2.24) is 0 Å². The van der Waals surface area contributed by atoms with Gasteiger partial charge in [-0.3, -0.25) is 0 Å². The van der Waals surface area contributed by atoms with Gasteiger partial charge in [0, 0.05) is 0 Å². The number of halogens is 1. The summed E-state index contributed by atoms with van der Waals surface area (Å²) in [6.07, 6.45) is 10.5. The lowest BCUT2D eigenvalue weighted by atomic mass is 10.0. The molecule has 0 saturated carbocycles. The lowest BCUT2D eigenvalue weighted by molar-refractivity contribution is 0.115. The van der Waals surface area contributed by atoms with Crippen LogP contribution in [0.2, 0.25) is 0 Å². The molecular weight excluding hydrogens is 312 g/mol. The summed E-state index contributed by atoms with van der Waals surface area (Å²) in [7, 11) is 0. The molecule has 0 bridgehead atoms. The zero-order valence-corrected chi connectivity index (χ0v) is 15.3. The Balaban J connectivity index is 0.00000484. The van der Waals surface area contributed by atoms with E-state index < -0.39 is 5.54 Å². The lowest BCUT2D eigenvalue weighted by Gasteiger charge is -2.24. The van der Waals surface area contributed by atoms with Gasteiger partial charge in [-0.1, -0.05) is 63.3 Å². The number of aliphatic hydroxyl groups is 2. The van der Waals surface area contributed by atoms with Crippen molar-refractivity contribution in [3.63, 3.8) is 0 Å². The van der Waals surface area contributed by atoms with Gasteiger partial charge in [0.1, 0.15) is 0 Å². The molecule has 0 aliphatic rings. The Bertz CT molecular complexity index is 391. The second-order valence-electron chi connectivity index (χ2n) is 6.51. The average molecular weight is 346 g/mol. The Labute approximate surface area is 147 Å². The third-order valence-electron chi connectivity index (χ3n) is 4.38. The maximum absolute atomic E-state index is 9.20. The van der Waals surface area contributed by atoms with Gasteiger partial charge in [0.2, 0.25) is 0 Å². The van der Waals surface area contributed by atoms with Crippen molar-refractivity contribution in [1.29, 1.82) is 0 Å². The summed E-state index contributed by atoms with van der Waals surface area (Å²) < 4.78 is 0. The highest BCUT2D eigenvalue weighted by Gasteiger charge is 2.22. The fourth-order valence-corrected chi connectivity index (χ4v) is 2.58. The summed E-state index contributed by atoms with van der Waals surface area (Å²) in [6.45, 7) is 1.89. The van der Waals surface area contributed by atoms with Crippen molar-refractivity contribution in [3.8, 4) is 0 Å². The molecule has 0 spiro atoms. The minimum Gasteiger partial charge on any atom is -0.394 e. The zero-order valence-electron chi connectivity index (χ0n) is 14.5. The first-order valence-corrected chi connectivity index (χ1v) is 8.72. The molecule has 0 atom stereocenters. The first kappa shape index (κ1) is 22.4. The Kier molecular flexibility index (Phi) is 12.4. The van der Waals surface area contributed by atoms with Crippen molar-refractivity contribution in [3.05, 3.63) is 35.4 Å². The highest BCUT2D eigenvalue weighted by molar-refractivity contribution is 5.85. The fourth-order valence-electron chi connectivity index (χ4n) is 2.58. The Morgan fingerprint density at radius 2 is 1.30 bits per heavy atom. The molecule has 23 heavy (non-hydrogen) atoms. The van der Waals surface area contributed by atoms with E-state index in [1.807, 2.05) is 0 Å². The largest absolute Gasteiger partial charge is 0.394 e. The van der Waals surface area contributed by atoms with E-state index in [0.29, 0.717) is 6.42 Å². The number of aliphatic hydroxyl groups excluding tert-OH is 2. The number of rotatable bonds is 12. The second kappa shape index (κ2) is 12.8. The predicted octanol–water partition coefficient (Wildman–Crippen LogP) is 3.63. The molecule has 0 aromatic heterocycles. The summed E-state index contributed by atoms with van der Waals surface area (Å²) in [6, 6.07) is 8.66. The van der Waals surface area contributed by atoms with E-state index in [1.165, 1.54) is 49.7 Å². The molecule has 4 heteroatoms. The van der Waals surface area contributed by atoms with Crippen molar-refractivity contribution >= 4 is 12.4 Å². The summed E-state index contributed by atoms with van der Waals surface area (Å²) in [5, 5.41) is 18.4. The molecule has 1 aromatic rings. The van der Waals surface area contributed by atoms with Crippen LogP contribution in [0.25, 0.3) is 0 Å². The number of hydrogen-bond acceptors (Lipinski definition) is 3. The van der Waals surface area contributed by atoms with E-state index in [1.54, 1.807) is 0 Å². The van der Waals surface area contributed by atoms with E-state index in [-0.39, 0.29) is 25.6 Å². The van der Waals surface area contributed by atoms with Crippen molar-refractivity contribution in [2.75, 3.05) is 13.2 Å². The van der Waals surface area contributed by atoms with Gasteiger partial charge in [0.15, 0.2) is 0 Å². The third-order valence-corrected chi connectivity index (χ3v) is 4.38. The first-order valence-electron chi connectivity index (χ1n) is 8.72. The topological polar surface area (TPSA) is 66.5 Å². The lowest BCUT2D eigenvalue weighted by Crippen LogP contribution is -2.47. The molecule has 0 saturated heterocycles. The van der Waals surface area contributed by atoms with Crippen LogP contribution in [0.4, 0.5) is 0 Å². The number of aryl methyl sites for hydroxylation is 2. The molecule has 0 amide bonds. The fraction of sp³-hybridized carbons (Fsp3) is 0.684. The third kappa shape index (κ3) is 9.31. The smallest absolute Gasteiger partial charge is 0.0633 e. The van der Waals surface area contributed by atoms with Gasteiger partial charge in [0.25, 0.3) is 0 Å². The van der Waals surface area contributed by atoms with Crippen molar-refractivity contribution in [2.24, 2.45) is 5.73 Å². The molecule has 4 N–H and O–H groups in total. The van der Waals surface area contributed by atoms with E-state index in [4.69, 9.17) is 5.73 Å². The van der Waals surface area contributed by atoms with Crippen LogP contribution in [0.5, 0.6) is 0 Å². The molecule has 0 unspecified atom stereocenters. The van der Waals surface area contributed by atoms with Gasteiger partial charge in [-0.25, -0.2) is 0 Å². The maximum atomic E-state index is 9.20. The molecule has 0 fully saturated rings. The van der Waals surface area contributed by atoms with Crippen molar-refractivity contribution < 1.29 is 10.2 Å². The number of nitrogens with two attached hydrogens (primary N) is 1. The van der Waals surface area contributed by atoms with Crippen LogP contribution in [0.3, 0.4) is 0 Å². The number of benzene rings is 1. The van der Waals surface area contributed by atoms with Crippen LogP contribution in [-0.2, 0) is 12.8 Å². The summed E-state index contributed by atoms with van der Waals surface area (Å²) in [5.41, 5.74) is 7.63. The normalized spacial score (nSPS) is 11.3. The van der Waals surface area contributed by atoms with Crippen LogP contribution >= 0.6 is 12.4 Å². The molecule has 3 nitrogen and oxygen atoms in total. The van der Waals surface area contributed by atoms with E-state index in [0.717, 1.165) is 12.8 Å². The minimum atomic E-state index is -0.864. The average Bonchev–Trinajstić information content (AvgIpc) is 2.57. The van der Waals surface area contributed by atoms with Crippen LogP contribution in [0, 0.1) is 0 Å². The molecule has 1 aromatic carbocycles. The van der Waals surface area contributed by atoms with Gasteiger partial charge in [0.05, 0.1) is 18.8 Å². The van der Waals surface area contributed by atoms with Crippen molar-refractivity contribution in [2.45, 2.75) is 70.3 Å². The highest BCUT2D eigenvalue weighted by Crippen LogP contribution is 2.14. The summed E-state index contributed by atoms with van der Waals surface area (Å²) >= 11 is 0. The predicted molar refractivity (Wildman–Crippen MR) is 100 cm³/mol. The first-order chi connectivity index (χ1) is 10.6. The maximum Gasteiger partial charge on any atom is 0.0633 e. The van der Waals surface area contributed by atoms with E-state index in [2.05, 4.69) is 31.2 Å². The van der Waals surface area contributed by atoms with Crippen LogP contribution in [0.1, 0.15) is 63.0 Å². The monoisotopic (exact) mass is 345 g/mol. The molecule has 0 heterocycles. The Hall–Kier alpha value is -0.610. The standard InChI is InChI=1S/C19H33NO2.ClH/c1-2-3-4-5-6-7-8-17-9-11-18(12-10-17)13-14-19(20,15-21)16-22;/h9-12,21-22H,2-8,13-16,20H2,1H3;1H/i19+2;. The molecule has 0 aliphatic heterocycles.